The van der Waals surface area contributed by atoms with Gasteiger partial charge in [-0.25, -0.2) is 14.8 Å². The highest BCUT2D eigenvalue weighted by molar-refractivity contribution is 5.96. The number of aromatic nitrogens is 2. The summed E-state index contributed by atoms with van der Waals surface area (Å²) in [6, 6.07) is 8.74. The molecule has 2 aromatic rings. The van der Waals surface area contributed by atoms with Gasteiger partial charge in [0.25, 0.3) is 5.91 Å². The summed E-state index contributed by atoms with van der Waals surface area (Å²) >= 11 is 0. The normalized spacial score (nSPS) is 22.3. The summed E-state index contributed by atoms with van der Waals surface area (Å²) in [4.78, 5) is 41.0. The van der Waals surface area contributed by atoms with Crippen molar-refractivity contribution in [2.75, 3.05) is 49.5 Å². The first kappa shape index (κ1) is 27.3. The zero-order valence-electron chi connectivity index (χ0n) is 23.5. The lowest BCUT2D eigenvalue weighted by Crippen LogP contribution is -2.50. The van der Waals surface area contributed by atoms with Crippen LogP contribution in [-0.4, -0.2) is 83.1 Å². The van der Waals surface area contributed by atoms with Crippen LogP contribution in [0, 0.1) is 11.3 Å². The Hall–Kier alpha value is -3.91. The summed E-state index contributed by atoms with van der Waals surface area (Å²) in [5.41, 5.74) is 8.03. The molecule has 4 heterocycles. The van der Waals surface area contributed by atoms with Crippen molar-refractivity contribution >= 4 is 29.3 Å². The van der Waals surface area contributed by atoms with Gasteiger partial charge in [-0.05, 0) is 75.2 Å². The van der Waals surface area contributed by atoms with Crippen LogP contribution in [0.2, 0.25) is 0 Å². The molecular weight excluding hydrogens is 518 g/mol. The molecule has 4 N–H and O–H groups in total. The number of anilines is 3. The van der Waals surface area contributed by atoms with Crippen LogP contribution in [0.3, 0.4) is 0 Å². The summed E-state index contributed by atoms with van der Waals surface area (Å²) < 4.78 is 0. The van der Waals surface area contributed by atoms with Gasteiger partial charge in [-0.1, -0.05) is 18.9 Å². The standard InChI is InChI=1S/C30H39N9O2/c31-17-21-16-22(7-8-25(21)20-9-11-33-12-10-20)35-29-27(28(32)40)34-18-26(36-29)37-13-3-6-24(19-37)39-15-14-38(30(39)41)23-4-1-2-5-23/h7-8,16,18,20,23-24,33H,1-6,9-15,19H2,(H2,32,40)(H,35,36). The van der Waals surface area contributed by atoms with Gasteiger partial charge >= 0.3 is 6.03 Å². The van der Waals surface area contributed by atoms with E-state index in [0.29, 0.717) is 35.6 Å². The van der Waals surface area contributed by atoms with E-state index in [4.69, 9.17) is 10.7 Å². The molecule has 1 saturated carbocycles. The minimum Gasteiger partial charge on any atom is -0.364 e. The van der Waals surface area contributed by atoms with Crippen LogP contribution in [0.25, 0.3) is 0 Å². The number of carbonyl (C=O) groups excluding carboxylic acids is 2. The smallest absolute Gasteiger partial charge is 0.320 e. The second-order valence-electron chi connectivity index (χ2n) is 11.7. The molecule has 41 heavy (non-hydrogen) atoms. The molecule has 1 aromatic heterocycles. The highest BCUT2D eigenvalue weighted by atomic mass is 16.2. The molecule has 11 heteroatoms. The van der Waals surface area contributed by atoms with E-state index in [2.05, 4.69) is 31.5 Å². The summed E-state index contributed by atoms with van der Waals surface area (Å²) in [5, 5.41) is 16.5. The quantitative estimate of drug-likeness (QED) is 0.471. The number of hydrogen-bond donors (Lipinski definition) is 3. The van der Waals surface area contributed by atoms with Gasteiger partial charge in [0.05, 0.1) is 23.9 Å². The Morgan fingerprint density at radius 3 is 2.49 bits per heavy atom. The minimum absolute atomic E-state index is 0.0465. The van der Waals surface area contributed by atoms with Crippen LogP contribution in [0.5, 0.6) is 0 Å². The van der Waals surface area contributed by atoms with Crippen molar-refractivity contribution in [3.63, 3.8) is 0 Å². The van der Waals surface area contributed by atoms with E-state index in [9.17, 15) is 14.9 Å². The fourth-order valence-electron chi connectivity index (χ4n) is 7.04. The van der Waals surface area contributed by atoms with E-state index in [1.807, 2.05) is 23.1 Å². The van der Waals surface area contributed by atoms with Crippen LogP contribution in [-0.2, 0) is 0 Å². The number of hydrogen-bond acceptors (Lipinski definition) is 8. The van der Waals surface area contributed by atoms with E-state index in [1.165, 1.54) is 12.8 Å². The predicted octanol–water partition coefficient (Wildman–Crippen LogP) is 3.31. The predicted molar refractivity (Wildman–Crippen MR) is 156 cm³/mol. The summed E-state index contributed by atoms with van der Waals surface area (Å²) in [6.45, 7) is 4.92. The van der Waals surface area contributed by atoms with Crippen molar-refractivity contribution in [2.24, 2.45) is 5.73 Å². The fraction of sp³-hybridized carbons (Fsp3) is 0.567. The number of nitriles is 1. The number of amides is 3. The molecule has 0 spiro atoms. The molecule has 0 radical (unpaired) electrons. The summed E-state index contributed by atoms with van der Waals surface area (Å²) in [7, 11) is 0. The number of rotatable bonds is 7. The maximum Gasteiger partial charge on any atom is 0.320 e. The zero-order chi connectivity index (χ0) is 28.3. The van der Waals surface area contributed by atoms with Crippen molar-refractivity contribution in [1.82, 2.24) is 25.1 Å². The molecule has 1 unspecified atom stereocenters. The SMILES string of the molecule is N#Cc1cc(Nc2nc(N3CCCC(N4CCN(C5CCCC5)C4=O)C3)cnc2C(N)=O)ccc1C1CCNCC1. The first-order chi connectivity index (χ1) is 20.0. The molecule has 11 nitrogen and oxygen atoms in total. The third-order valence-electron chi connectivity index (χ3n) is 9.21. The van der Waals surface area contributed by atoms with E-state index in [1.54, 1.807) is 6.20 Å². The largest absolute Gasteiger partial charge is 0.364 e. The Kier molecular flexibility index (Phi) is 7.92. The van der Waals surface area contributed by atoms with E-state index < -0.39 is 5.91 Å². The Labute approximate surface area is 241 Å². The molecular formula is C30H39N9O2. The van der Waals surface area contributed by atoms with Gasteiger partial charge in [0.2, 0.25) is 0 Å². The number of piperidine rings is 2. The maximum absolute atomic E-state index is 13.3. The molecule has 216 valence electrons. The van der Waals surface area contributed by atoms with Crippen LogP contribution in [0.15, 0.2) is 24.4 Å². The van der Waals surface area contributed by atoms with Gasteiger partial charge in [0.1, 0.15) is 5.82 Å². The number of carbonyl (C=O) groups is 2. The Morgan fingerprint density at radius 1 is 1.02 bits per heavy atom. The van der Waals surface area contributed by atoms with Crippen LogP contribution < -0.4 is 21.3 Å². The molecule has 4 fully saturated rings. The maximum atomic E-state index is 13.3. The second kappa shape index (κ2) is 11.9. The lowest BCUT2D eigenvalue weighted by atomic mass is 9.87. The van der Waals surface area contributed by atoms with Crippen LogP contribution in [0.4, 0.5) is 22.1 Å². The average molecular weight is 558 g/mol. The minimum atomic E-state index is -0.676. The molecule has 3 saturated heterocycles. The summed E-state index contributed by atoms with van der Waals surface area (Å²) in [5.74, 6) is 0.571. The third-order valence-corrected chi connectivity index (χ3v) is 9.21. The van der Waals surface area contributed by atoms with E-state index in [0.717, 1.165) is 76.8 Å². The molecule has 3 amide bonds. The van der Waals surface area contributed by atoms with E-state index >= 15 is 0 Å². The van der Waals surface area contributed by atoms with Gasteiger partial charge in [-0.3, -0.25) is 4.79 Å². The second-order valence-corrected chi connectivity index (χ2v) is 11.7. The lowest BCUT2D eigenvalue weighted by Gasteiger charge is -2.38. The molecule has 6 rings (SSSR count). The molecule has 3 aliphatic heterocycles. The van der Waals surface area contributed by atoms with Gasteiger partial charge in [0, 0.05) is 37.9 Å². The monoisotopic (exact) mass is 557 g/mol. The average Bonchev–Trinajstić information content (AvgIpc) is 3.67. The number of primary amides is 1. The lowest BCUT2D eigenvalue weighted by molar-refractivity contribution is 0.0996. The van der Waals surface area contributed by atoms with E-state index in [-0.39, 0.29) is 23.6 Å². The van der Waals surface area contributed by atoms with Crippen molar-refractivity contribution in [1.29, 1.82) is 5.26 Å². The first-order valence-electron chi connectivity index (χ1n) is 15.0. The highest BCUT2D eigenvalue weighted by Gasteiger charge is 2.39. The van der Waals surface area contributed by atoms with Crippen molar-refractivity contribution in [3.8, 4) is 6.07 Å². The third kappa shape index (κ3) is 5.66. The number of nitrogens with one attached hydrogen (secondary N) is 2. The highest BCUT2D eigenvalue weighted by Crippen LogP contribution is 2.32. The molecule has 1 aliphatic carbocycles. The number of benzene rings is 1. The molecule has 0 bridgehead atoms. The van der Waals surface area contributed by atoms with Crippen molar-refractivity contribution < 1.29 is 9.59 Å². The van der Waals surface area contributed by atoms with Crippen molar-refractivity contribution in [2.45, 2.75) is 69.4 Å². The van der Waals surface area contributed by atoms with Crippen molar-refractivity contribution in [3.05, 3.63) is 41.2 Å². The topological polar surface area (TPSA) is 144 Å². The number of nitrogens with zero attached hydrogens (tertiary/aromatic N) is 6. The molecule has 4 aliphatic rings. The van der Waals surface area contributed by atoms with Crippen LogP contribution >= 0.6 is 0 Å². The summed E-state index contributed by atoms with van der Waals surface area (Å²) in [6.07, 6.45) is 10.1. The van der Waals surface area contributed by atoms with Gasteiger partial charge in [-0.2, -0.15) is 5.26 Å². The Bertz CT molecular complexity index is 1330. The Balaban J connectivity index is 1.19. The first-order valence-corrected chi connectivity index (χ1v) is 15.0. The Morgan fingerprint density at radius 2 is 1.76 bits per heavy atom. The van der Waals surface area contributed by atoms with Crippen LogP contribution in [0.1, 0.15) is 78.9 Å². The van der Waals surface area contributed by atoms with Gasteiger partial charge in [0.15, 0.2) is 11.5 Å². The zero-order valence-corrected chi connectivity index (χ0v) is 23.5. The molecule has 1 atom stereocenters. The fourth-order valence-corrected chi connectivity index (χ4v) is 7.04. The molecule has 1 aromatic carbocycles. The van der Waals surface area contributed by atoms with Gasteiger partial charge in [-0.15, -0.1) is 0 Å². The van der Waals surface area contributed by atoms with Gasteiger partial charge < -0.3 is 31.1 Å². The number of urea groups is 1. The number of nitrogens with two attached hydrogens (primary N) is 1.